The number of nitrogens with one attached hydrogen (secondary N) is 1. The molecule has 0 atom stereocenters. The summed E-state index contributed by atoms with van der Waals surface area (Å²) in [6, 6.07) is 0.149. The highest BCUT2D eigenvalue weighted by molar-refractivity contribution is 5.76. The summed E-state index contributed by atoms with van der Waals surface area (Å²) in [7, 11) is 0. The smallest absolute Gasteiger partial charge is 0.328 e. The highest BCUT2D eigenvalue weighted by atomic mass is 19.4. The lowest BCUT2D eigenvalue weighted by Gasteiger charge is -2.29. The van der Waals surface area contributed by atoms with Crippen molar-refractivity contribution in [1.82, 2.24) is 10.4 Å². The van der Waals surface area contributed by atoms with Crippen LogP contribution in [0.15, 0.2) is 0 Å². The molecule has 0 unspecified atom stereocenters. The maximum absolute atomic E-state index is 11.7. The summed E-state index contributed by atoms with van der Waals surface area (Å²) in [5.41, 5.74) is 7.44. The van der Waals surface area contributed by atoms with Crippen LogP contribution in [0.5, 0.6) is 0 Å². The molecule has 0 bridgehead atoms. The van der Waals surface area contributed by atoms with Gasteiger partial charge in [-0.2, -0.15) is 13.2 Å². The molecule has 0 radical (unpaired) electrons. The quantitative estimate of drug-likeness (QED) is 0.695. The lowest BCUT2D eigenvalue weighted by Crippen LogP contribution is -2.44. The largest absolute Gasteiger partial charge is 0.414 e. The number of piperidine rings is 1. The van der Waals surface area contributed by atoms with E-state index < -0.39 is 18.7 Å². The van der Waals surface area contributed by atoms with Crippen molar-refractivity contribution in [2.75, 3.05) is 26.2 Å². The Morgan fingerprint density at radius 2 is 2.00 bits per heavy atom. The molecule has 100 valence electrons. The van der Waals surface area contributed by atoms with Crippen molar-refractivity contribution in [2.24, 2.45) is 5.73 Å². The standard InChI is InChI=1S/C9H16F3N3O2/c10-9(11,12)6-17-14-8(16)5-15-3-1-7(13)2-4-15/h7H,1-6,13H2,(H,14,16). The summed E-state index contributed by atoms with van der Waals surface area (Å²) in [4.78, 5) is 17.1. The van der Waals surface area contributed by atoms with E-state index in [4.69, 9.17) is 5.73 Å². The number of carbonyl (C=O) groups excluding carboxylic acids is 1. The normalized spacial score (nSPS) is 19.3. The van der Waals surface area contributed by atoms with Crippen molar-refractivity contribution >= 4 is 5.91 Å². The Morgan fingerprint density at radius 3 is 2.53 bits per heavy atom. The summed E-state index contributed by atoms with van der Waals surface area (Å²) < 4.78 is 35.1. The van der Waals surface area contributed by atoms with Gasteiger partial charge in [0.15, 0.2) is 6.61 Å². The number of amides is 1. The lowest BCUT2D eigenvalue weighted by molar-refractivity contribution is -0.192. The number of hydrogen-bond acceptors (Lipinski definition) is 4. The van der Waals surface area contributed by atoms with Crippen LogP contribution in [0, 0.1) is 0 Å². The lowest BCUT2D eigenvalue weighted by atomic mass is 10.1. The summed E-state index contributed by atoms with van der Waals surface area (Å²) in [5, 5.41) is 0. The Labute approximate surface area is 97.0 Å². The molecule has 5 nitrogen and oxygen atoms in total. The zero-order valence-corrected chi connectivity index (χ0v) is 9.29. The van der Waals surface area contributed by atoms with Gasteiger partial charge in [-0.15, -0.1) is 0 Å². The van der Waals surface area contributed by atoms with Gasteiger partial charge in [0, 0.05) is 19.1 Å². The zero-order valence-electron chi connectivity index (χ0n) is 9.29. The van der Waals surface area contributed by atoms with Crippen LogP contribution < -0.4 is 11.2 Å². The van der Waals surface area contributed by atoms with E-state index in [0.717, 1.165) is 12.8 Å². The van der Waals surface area contributed by atoms with Gasteiger partial charge in [-0.3, -0.25) is 14.5 Å². The van der Waals surface area contributed by atoms with Crippen molar-refractivity contribution < 1.29 is 22.8 Å². The molecule has 1 aliphatic heterocycles. The van der Waals surface area contributed by atoms with E-state index in [-0.39, 0.29) is 12.6 Å². The van der Waals surface area contributed by atoms with Crippen LogP contribution >= 0.6 is 0 Å². The van der Waals surface area contributed by atoms with Crippen LogP contribution in [-0.2, 0) is 9.63 Å². The Balaban J connectivity index is 2.13. The van der Waals surface area contributed by atoms with Crippen LogP contribution in [0.3, 0.4) is 0 Å². The molecular formula is C9H16F3N3O2. The molecular weight excluding hydrogens is 239 g/mol. The molecule has 0 aromatic heterocycles. The monoisotopic (exact) mass is 255 g/mol. The molecule has 0 aromatic carbocycles. The Kier molecular flexibility index (Phi) is 5.16. The second-order valence-electron chi connectivity index (χ2n) is 4.04. The summed E-state index contributed by atoms with van der Waals surface area (Å²) >= 11 is 0. The molecule has 0 saturated carbocycles. The molecule has 1 saturated heterocycles. The van der Waals surface area contributed by atoms with Crippen molar-refractivity contribution in [2.45, 2.75) is 25.1 Å². The number of rotatable bonds is 4. The average Bonchev–Trinajstić information content (AvgIpc) is 2.19. The summed E-state index contributed by atoms with van der Waals surface area (Å²) in [6.07, 6.45) is -2.86. The molecule has 1 rings (SSSR count). The fraction of sp³-hybridized carbons (Fsp3) is 0.889. The van der Waals surface area contributed by atoms with E-state index in [9.17, 15) is 18.0 Å². The first-order valence-corrected chi connectivity index (χ1v) is 5.32. The van der Waals surface area contributed by atoms with Crippen LogP contribution in [0.4, 0.5) is 13.2 Å². The number of hydroxylamine groups is 1. The molecule has 8 heteroatoms. The Morgan fingerprint density at radius 1 is 1.41 bits per heavy atom. The number of hydrogen-bond donors (Lipinski definition) is 2. The third kappa shape index (κ3) is 6.44. The van der Waals surface area contributed by atoms with Crippen LogP contribution in [0.2, 0.25) is 0 Å². The first-order valence-electron chi connectivity index (χ1n) is 5.32. The molecule has 1 heterocycles. The van der Waals surface area contributed by atoms with E-state index in [0.29, 0.717) is 13.1 Å². The number of nitrogens with zero attached hydrogens (tertiary/aromatic N) is 1. The highest BCUT2D eigenvalue weighted by Gasteiger charge is 2.28. The van der Waals surface area contributed by atoms with E-state index >= 15 is 0 Å². The molecule has 3 N–H and O–H groups in total. The number of carbonyl (C=O) groups is 1. The van der Waals surface area contributed by atoms with Crippen molar-refractivity contribution in [3.63, 3.8) is 0 Å². The van der Waals surface area contributed by atoms with Gasteiger partial charge in [-0.1, -0.05) is 0 Å². The molecule has 0 aliphatic carbocycles. The fourth-order valence-corrected chi connectivity index (χ4v) is 1.54. The predicted octanol–water partition coefficient (Wildman–Crippen LogP) is 0.0196. The minimum Gasteiger partial charge on any atom is -0.328 e. The zero-order chi connectivity index (χ0) is 12.9. The van der Waals surface area contributed by atoms with Gasteiger partial charge in [0.25, 0.3) is 5.91 Å². The van der Waals surface area contributed by atoms with Gasteiger partial charge >= 0.3 is 6.18 Å². The van der Waals surface area contributed by atoms with Gasteiger partial charge in [0.05, 0.1) is 6.54 Å². The molecule has 1 fully saturated rings. The maximum atomic E-state index is 11.7. The average molecular weight is 255 g/mol. The minimum atomic E-state index is -4.44. The molecule has 0 spiro atoms. The highest BCUT2D eigenvalue weighted by Crippen LogP contribution is 2.13. The van der Waals surface area contributed by atoms with Crippen LogP contribution in [0.1, 0.15) is 12.8 Å². The Hall–Kier alpha value is -0.860. The first kappa shape index (κ1) is 14.2. The van der Waals surface area contributed by atoms with E-state index in [2.05, 4.69) is 4.84 Å². The number of nitrogens with two attached hydrogens (primary N) is 1. The van der Waals surface area contributed by atoms with Gasteiger partial charge in [0.1, 0.15) is 0 Å². The van der Waals surface area contributed by atoms with E-state index in [1.165, 1.54) is 0 Å². The fourth-order valence-electron chi connectivity index (χ4n) is 1.54. The maximum Gasteiger partial charge on any atom is 0.414 e. The second kappa shape index (κ2) is 6.18. The minimum absolute atomic E-state index is 0.0323. The second-order valence-corrected chi connectivity index (χ2v) is 4.04. The third-order valence-corrected chi connectivity index (χ3v) is 2.42. The molecule has 0 aromatic rings. The van der Waals surface area contributed by atoms with Gasteiger partial charge in [-0.05, 0) is 12.8 Å². The van der Waals surface area contributed by atoms with Crippen molar-refractivity contribution in [1.29, 1.82) is 0 Å². The van der Waals surface area contributed by atoms with E-state index in [1.807, 2.05) is 4.90 Å². The van der Waals surface area contributed by atoms with Gasteiger partial charge < -0.3 is 5.73 Å². The van der Waals surface area contributed by atoms with Gasteiger partial charge in [0.2, 0.25) is 0 Å². The van der Waals surface area contributed by atoms with Crippen molar-refractivity contribution in [3.8, 4) is 0 Å². The molecule has 1 aliphatic rings. The Bertz CT molecular complexity index is 252. The van der Waals surface area contributed by atoms with E-state index in [1.54, 1.807) is 5.48 Å². The van der Waals surface area contributed by atoms with Crippen LogP contribution in [0.25, 0.3) is 0 Å². The van der Waals surface area contributed by atoms with Gasteiger partial charge in [-0.25, -0.2) is 5.48 Å². The SMILES string of the molecule is NC1CCN(CC(=O)NOCC(F)(F)F)CC1. The number of likely N-dealkylation sites (tertiary alicyclic amines) is 1. The topological polar surface area (TPSA) is 67.6 Å². The van der Waals surface area contributed by atoms with Crippen LogP contribution in [-0.4, -0.2) is 49.3 Å². The predicted molar refractivity (Wildman–Crippen MR) is 53.8 cm³/mol. The summed E-state index contributed by atoms with van der Waals surface area (Å²) in [5.74, 6) is -0.579. The number of alkyl halides is 3. The third-order valence-electron chi connectivity index (χ3n) is 2.42. The first-order chi connectivity index (χ1) is 7.87. The summed E-state index contributed by atoms with van der Waals surface area (Å²) in [6.45, 7) is -0.101. The molecule has 1 amide bonds. The molecule has 17 heavy (non-hydrogen) atoms. The van der Waals surface area contributed by atoms with Crippen molar-refractivity contribution in [3.05, 3.63) is 0 Å². The number of halogens is 3.